The monoisotopic (exact) mass is 934 g/mol. The molecule has 2 atom stereocenters. The normalized spacial score (nSPS) is 13.0. The summed E-state index contributed by atoms with van der Waals surface area (Å²) in [6, 6.07) is 37.8. The van der Waals surface area contributed by atoms with Crippen LogP contribution in [0.15, 0.2) is 126 Å². The van der Waals surface area contributed by atoms with E-state index in [0.29, 0.717) is 20.6 Å². The fourth-order valence-corrected chi connectivity index (χ4v) is 12.1. The first-order valence-corrected chi connectivity index (χ1v) is 24.5. The smallest absolute Gasteiger partial charge is 0.351 e. The number of carboxylic acids is 1. The van der Waals surface area contributed by atoms with E-state index in [1.165, 1.54) is 32.7 Å². The number of ether oxygens (including phenoxy) is 1. The molecule has 0 radical (unpaired) electrons. The Kier molecular flexibility index (Phi) is 13.8. The number of thiazole rings is 2. The minimum Gasteiger partial charge on any atom is -0.477 e. The van der Waals surface area contributed by atoms with Crippen LogP contribution in [0.25, 0.3) is 43.4 Å². The lowest BCUT2D eigenvalue weighted by Gasteiger charge is -2.20. The number of para-hydroxylation sites is 1. The van der Waals surface area contributed by atoms with E-state index < -0.39 is 27.0 Å². The third-order valence-electron chi connectivity index (χ3n) is 10.0. The molecule has 328 valence electrons. The molecule has 0 aliphatic rings. The zero-order valence-corrected chi connectivity index (χ0v) is 39.3. The molecule has 8 rings (SSSR count). The molecule has 5 aromatic carbocycles. The molecule has 0 fully saturated rings. The lowest BCUT2D eigenvalue weighted by atomic mass is 10.1. The molecule has 3 heterocycles. The number of methoxy groups -OCH3 is 1. The van der Waals surface area contributed by atoms with Gasteiger partial charge in [-0.3, -0.25) is 19.3 Å². The van der Waals surface area contributed by atoms with Crippen LogP contribution in [0, 0.1) is 27.7 Å². The minimum absolute atomic E-state index is 0.00835. The Morgan fingerprint density at radius 3 is 1.59 bits per heavy atom. The van der Waals surface area contributed by atoms with E-state index in [1.807, 2.05) is 137 Å². The van der Waals surface area contributed by atoms with Crippen molar-refractivity contribution in [3.8, 4) is 32.5 Å². The number of esters is 1. The predicted octanol–water partition coefficient (Wildman–Crippen LogP) is 11.9. The molecule has 3 N–H and O–H groups in total. The van der Waals surface area contributed by atoms with Gasteiger partial charge in [0.1, 0.15) is 21.4 Å². The zero-order valence-electron chi connectivity index (χ0n) is 35.9. The second kappa shape index (κ2) is 19.3. The molecule has 0 saturated carbocycles. The number of aryl methyl sites for hydroxylation is 4. The third-order valence-corrected chi connectivity index (χ3v) is 16.5. The number of carbonyl (C=O) groups is 2. The molecule has 64 heavy (non-hydrogen) atoms. The van der Waals surface area contributed by atoms with Crippen LogP contribution >= 0.6 is 37.7 Å². The van der Waals surface area contributed by atoms with Crippen LogP contribution in [-0.2, 0) is 22.9 Å². The number of furan rings is 1. The summed E-state index contributed by atoms with van der Waals surface area (Å²) in [5.74, 6) is -0.784. The average Bonchev–Trinajstić information content (AvgIpc) is 4.04. The van der Waals surface area contributed by atoms with Gasteiger partial charge in [-0.05, 0) is 63.1 Å². The number of nitrogens with zero attached hydrogens (tertiary/aromatic N) is 2. The van der Waals surface area contributed by atoms with Crippen LogP contribution in [-0.4, -0.2) is 48.3 Å². The number of hydrogen-bond donors (Lipinski definition) is 3. The summed E-state index contributed by atoms with van der Waals surface area (Å²) >= 11 is 2.18. The van der Waals surface area contributed by atoms with E-state index >= 15 is 0 Å². The maximum absolute atomic E-state index is 13.7. The number of hydrogen-bond acceptors (Lipinski definition) is 12. The van der Waals surface area contributed by atoms with Gasteiger partial charge in [-0.2, -0.15) is 0 Å². The van der Waals surface area contributed by atoms with Crippen molar-refractivity contribution in [1.29, 1.82) is 0 Å². The number of anilines is 2. The van der Waals surface area contributed by atoms with Crippen LogP contribution in [0.5, 0.6) is 0 Å². The fourth-order valence-electron chi connectivity index (χ4n) is 6.86. The van der Waals surface area contributed by atoms with Crippen LogP contribution in [0.2, 0.25) is 0 Å². The van der Waals surface area contributed by atoms with Crippen molar-refractivity contribution in [2.24, 2.45) is 0 Å². The number of rotatable bonds is 13. The van der Waals surface area contributed by atoms with Crippen LogP contribution in [0.4, 0.5) is 11.6 Å². The van der Waals surface area contributed by atoms with Gasteiger partial charge in [-0.15, -0.1) is 22.7 Å². The predicted molar refractivity (Wildman–Crippen MR) is 256 cm³/mol. The van der Waals surface area contributed by atoms with Gasteiger partial charge in [0.2, 0.25) is 0 Å². The van der Waals surface area contributed by atoms with E-state index in [1.54, 1.807) is 12.1 Å². The molecule has 0 aliphatic heterocycles. The molecule has 0 bridgehead atoms. The molecule has 8 aromatic rings. The largest absolute Gasteiger partial charge is 0.477 e. The van der Waals surface area contributed by atoms with Gasteiger partial charge in [-0.25, -0.2) is 19.6 Å². The second-order valence-electron chi connectivity index (χ2n) is 14.6. The van der Waals surface area contributed by atoms with Crippen molar-refractivity contribution in [2.45, 2.75) is 27.7 Å². The molecular weight excluding hydrogens is 891 g/mol. The Labute approximate surface area is 378 Å². The van der Waals surface area contributed by atoms with Crippen LogP contribution < -0.4 is 20.8 Å². The van der Waals surface area contributed by atoms with E-state index in [9.17, 15) is 23.8 Å². The highest BCUT2D eigenvalue weighted by molar-refractivity contribution is 7.68. The van der Waals surface area contributed by atoms with Gasteiger partial charge in [0, 0.05) is 36.3 Å². The molecular formula is C47H44N4O9P2S2. The molecule has 0 spiro atoms. The quantitative estimate of drug-likeness (QED) is 0.0735. The summed E-state index contributed by atoms with van der Waals surface area (Å²) in [5, 5.41) is 18.6. The first-order chi connectivity index (χ1) is 30.6. The van der Waals surface area contributed by atoms with Crippen LogP contribution in [0.1, 0.15) is 41.6 Å². The van der Waals surface area contributed by atoms with Crippen molar-refractivity contribution in [1.82, 2.24) is 9.97 Å². The van der Waals surface area contributed by atoms with Gasteiger partial charge >= 0.3 is 27.0 Å². The maximum Gasteiger partial charge on any atom is 0.351 e. The number of aromatic carboxylic acids is 1. The summed E-state index contributed by atoms with van der Waals surface area (Å²) < 4.78 is 48.9. The number of benzene rings is 5. The van der Waals surface area contributed by atoms with Crippen molar-refractivity contribution in [3.63, 3.8) is 0 Å². The summed E-state index contributed by atoms with van der Waals surface area (Å²) in [7, 11) is -3.12. The third kappa shape index (κ3) is 9.80. The van der Waals surface area contributed by atoms with Gasteiger partial charge in [-0.1, -0.05) is 108 Å². The number of nitrogens with one attached hydrogen (secondary N) is 2. The molecule has 13 nitrogen and oxygen atoms in total. The highest BCUT2D eigenvalue weighted by Crippen LogP contribution is 2.49. The summed E-state index contributed by atoms with van der Waals surface area (Å²) in [6.45, 7) is 7.61. The van der Waals surface area contributed by atoms with Crippen molar-refractivity contribution in [2.75, 3.05) is 31.5 Å². The van der Waals surface area contributed by atoms with Crippen molar-refractivity contribution in [3.05, 3.63) is 153 Å². The fraction of sp³-hybridized carbons (Fsp3) is 0.149. The van der Waals surface area contributed by atoms with Gasteiger partial charge in [0.15, 0.2) is 21.4 Å². The molecule has 3 aromatic heterocycles. The number of carboxylic acid groups (broad SMARTS) is 1. The Bertz CT molecular complexity index is 3060. The molecule has 0 saturated heterocycles. The van der Waals surface area contributed by atoms with E-state index in [2.05, 4.69) is 20.1 Å². The van der Waals surface area contributed by atoms with Gasteiger partial charge in [0.05, 0.1) is 17.7 Å². The first-order valence-electron chi connectivity index (χ1n) is 19.7. The molecule has 2 unspecified atom stereocenters. The number of carbonyl (C=O) groups excluding carboxylic acids is 1. The Hall–Kier alpha value is -6.18. The minimum atomic E-state index is -3.62. The first kappa shape index (κ1) is 45.8. The average molecular weight is 935 g/mol. The Balaban J connectivity index is 0.000000198. The SMILES string of the molecule is COC(=O)c1sc(-c2ccccc2)nc1NP(=O)(OC)c1ccc(C)cc1C.COP(=O)(Nc1nc(-c2ccc(-c3cc4ccccc4o3)cc2)sc1C(=O)O)c1ccc(C)cc1C. The lowest BCUT2D eigenvalue weighted by molar-refractivity contribution is 0.0606. The van der Waals surface area contributed by atoms with Gasteiger partial charge in [0.25, 0.3) is 0 Å². The van der Waals surface area contributed by atoms with Crippen molar-refractivity contribution < 1.29 is 42.0 Å². The summed E-state index contributed by atoms with van der Waals surface area (Å²) in [6.07, 6.45) is 0. The summed E-state index contributed by atoms with van der Waals surface area (Å²) in [4.78, 5) is 33.5. The highest BCUT2D eigenvalue weighted by Gasteiger charge is 2.33. The highest BCUT2D eigenvalue weighted by atomic mass is 32.1. The second-order valence-corrected chi connectivity index (χ2v) is 20.9. The lowest BCUT2D eigenvalue weighted by Crippen LogP contribution is -2.17. The molecule has 0 amide bonds. The standard InChI is InChI=1S/C27H23N2O5PS.C20H21N2O4PS/c1-16-8-13-23(17(2)14-16)35(32,33-3)29-25-24(27(30)31)36-26(28-25)19-11-9-18(10-12-19)22-15-20-6-4-5-7-21(20)34-22;1-13-10-11-16(14(2)12-13)27(24,26-4)22-18-17(20(23)25-3)28-19(21-18)15-8-6-5-7-9-15/h4-15H,1-3H3,(H,29,32)(H,30,31);5-12H,1-4H3,(H,22,24). The summed E-state index contributed by atoms with van der Waals surface area (Å²) in [5.41, 5.74) is 6.97. The van der Waals surface area contributed by atoms with Crippen LogP contribution in [0.3, 0.4) is 0 Å². The van der Waals surface area contributed by atoms with Gasteiger partial charge < -0.3 is 23.3 Å². The van der Waals surface area contributed by atoms with Crippen molar-refractivity contribution >= 4 is 82.9 Å². The maximum atomic E-state index is 13.7. The topological polar surface area (TPSA) is 179 Å². The number of aromatic nitrogens is 2. The van der Waals surface area contributed by atoms with E-state index in [-0.39, 0.29) is 21.4 Å². The Morgan fingerprint density at radius 2 is 1.09 bits per heavy atom. The Morgan fingerprint density at radius 1 is 0.609 bits per heavy atom. The molecule has 17 heteroatoms. The number of fused-ring (bicyclic) bond motifs is 1. The zero-order chi connectivity index (χ0) is 45.8. The molecule has 0 aliphatic carbocycles. The van der Waals surface area contributed by atoms with E-state index in [0.717, 1.165) is 67.0 Å². The van der Waals surface area contributed by atoms with E-state index in [4.69, 9.17) is 18.2 Å².